The van der Waals surface area contributed by atoms with Gasteiger partial charge in [-0.3, -0.25) is 0 Å². The average Bonchev–Trinajstić information content (AvgIpc) is 2.48. The van der Waals surface area contributed by atoms with Gasteiger partial charge >= 0.3 is 0 Å². The second kappa shape index (κ2) is 6.33. The highest BCUT2D eigenvalue weighted by Gasteiger charge is 2.30. The molecule has 0 saturated carbocycles. The molecule has 0 aliphatic heterocycles. The van der Waals surface area contributed by atoms with Crippen molar-refractivity contribution < 1.29 is 5.11 Å². The minimum Gasteiger partial charge on any atom is -0.395 e. The van der Waals surface area contributed by atoms with Crippen molar-refractivity contribution in [2.24, 2.45) is 5.73 Å². The molecular weight excluding hydrogens is 302 g/mol. The van der Waals surface area contributed by atoms with Crippen LogP contribution in [0.1, 0.15) is 11.1 Å². The van der Waals surface area contributed by atoms with Crippen LogP contribution in [-0.4, -0.2) is 18.3 Å². The fourth-order valence-corrected chi connectivity index (χ4v) is 2.73. The van der Waals surface area contributed by atoms with E-state index in [1.54, 1.807) is 0 Å². The Hall–Kier alpha value is -1.16. The van der Waals surface area contributed by atoms with Crippen LogP contribution >= 0.6 is 15.9 Å². The second-order valence-electron chi connectivity index (χ2n) is 4.78. The first-order valence-corrected chi connectivity index (χ1v) is 7.11. The van der Waals surface area contributed by atoms with Gasteiger partial charge in [0.05, 0.1) is 6.61 Å². The van der Waals surface area contributed by atoms with Crippen LogP contribution in [0.3, 0.4) is 0 Å². The van der Waals surface area contributed by atoms with Crippen LogP contribution in [0.4, 0.5) is 0 Å². The quantitative estimate of drug-likeness (QED) is 0.890. The van der Waals surface area contributed by atoms with Crippen LogP contribution in [0.15, 0.2) is 59.1 Å². The van der Waals surface area contributed by atoms with Crippen LogP contribution in [0.2, 0.25) is 0 Å². The zero-order valence-corrected chi connectivity index (χ0v) is 12.3. The minimum atomic E-state index is -0.425. The standard InChI is InChI=1S/C16H18BrNO/c17-15-9-5-4-6-13(15)10-16(11-18,12-19)14-7-2-1-3-8-14/h1-9,19H,10-12,18H2. The van der Waals surface area contributed by atoms with Crippen LogP contribution in [0.5, 0.6) is 0 Å². The topological polar surface area (TPSA) is 46.2 Å². The van der Waals surface area contributed by atoms with Crippen molar-refractivity contribution >= 4 is 15.9 Å². The zero-order chi connectivity index (χ0) is 13.7. The molecule has 2 aromatic carbocycles. The normalized spacial score (nSPS) is 14.1. The maximum absolute atomic E-state index is 9.89. The first kappa shape index (κ1) is 14.3. The molecule has 0 heterocycles. The smallest absolute Gasteiger partial charge is 0.0543 e. The van der Waals surface area contributed by atoms with Gasteiger partial charge in [-0.1, -0.05) is 64.5 Å². The van der Waals surface area contributed by atoms with Gasteiger partial charge in [0.1, 0.15) is 0 Å². The maximum atomic E-state index is 9.89. The summed E-state index contributed by atoms with van der Waals surface area (Å²) >= 11 is 3.56. The van der Waals surface area contributed by atoms with Crippen LogP contribution in [0, 0.1) is 0 Å². The summed E-state index contributed by atoms with van der Waals surface area (Å²) in [5.74, 6) is 0. The molecule has 0 fully saturated rings. The molecule has 1 atom stereocenters. The predicted octanol–water partition coefficient (Wildman–Crippen LogP) is 2.88. The highest BCUT2D eigenvalue weighted by Crippen LogP contribution is 2.30. The monoisotopic (exact) mass is 319 g/mol. The predicted molar refractivity (Wildman–Crippen MR) is 82.1 cm³/mol. The molecule has 3 heteroatoms. The number of halogens is 1. The molecule has 0 saturated heterocycles. The van der Waals surface area contributed by atoms with E-state index in [0.717, 1.165) is 15.6 Å². The summed E-state index contributed by atoms with van der Waals surface area (Å²) in [6.07, 6.45) is 0.714. The van der Waals surface area contributed by atoms with Crippen LogP contribution < -0.4 is 5.73 Å². The van der Waals surface area contributed by atoms with Crippen molar-refractivity contribution in [1.82, 2.24) is 0 Å². The second-order valence-corrected chi connectivity index (χ2v) is 5.63. The summed E-state index contributed by atoms with van der Waals surface area (Å²) in [5, 5.41) is 9.89. The van der Waals surface area contributed by atoms with Gasteiger partial charge in [-0.25, -0.2) is 0 Å². The average molecular weight is 320 g/mol. The Balaban J connectivity index is 2.38. The summed E-state index contributed by atoms with van der Waals surface area (Å²) in [5.41, 5.74) is 7.79. The lowest BCUT2D eigenvalue weighted by Gasteiger charge is -2.31. The van der Waals surface area contributed by atoms with Crippen molar-refractivity contribution in [1.29, 1.82) is 0 Å². The molecule has 0 aliphatic carbocycles. The van der Waals surface area contributed by atoms with Gasteiger partial charge in [-0.2, -0.15) is 0 Å². The van der Waals surface area contributed by atoms with Gasteiger partial charge in [-0.05, 0) is 23.6 Å². The highest BCUT2D eigenvalue weighted by atomic mass is 79.9. The van der Waals surface area contributed by atoms with E-state index in [0.29, 0.717) is 13.0 Å². The van der Waals surface area contributed by atoms with Crippen LogP contribution in [0.25, 0.3) is 0 Å². The maximum Gasteiger partial charge on any atom is 0.0543 e. The van der Waals surface area contributed by atoms with Gasteiger partial charge < -0.3 is 10.8 Å². The van der Waals surface area contributed by atoms with Crippen LogP contribution in [-0.2, 0) is 11.8 Å². The van der Waals surface area contributed by atoms with E-state index in [9.17, 15) is 5.11 Å². The van der Waals surface area contributed by atoms with E-state index >= 15 is 0 Å². The number of hydrogen-bond acceptors (Lipinski definition) is 2. The highest BCUT2D eigenvalue weighted by molar-refractivity contribution is 9.10. The first-order chi connectivity index (χ1) is 9.22. The lowest BCUT2D eigenvalue weighted by Crippen LogP contribution is -2.41. The summed E-state index contributed by atoms with van der Waals surface area (Å²) in [7, 11) is 0. The molecule has 1 unspecified atom stereocenters. The number of aliphatic hydroxyl groups is 1. The number of aliphatic hydroxyl groups excluding tert-OH is 1. The van der Waals surface area contributed by atoms with Gasteiger partial charge in [0.2, 0.25) is 0 Å². The van der Waals surface area contributed by atoms with E-state index in [4.69, 9.17) is 5.73 Å². The number of rotatable bonds is 5. The van der Waals surface area contributed by atoms with Gasteiger partial charge in [0.25, 0.3) is 0 Å². The summed E-state index contributed by atoms with van der Waals surface area (Å²) in [6, 6.07) is 18.1. The minimum absolute atomic E-state index is 0.0366. The fraction of sp³-hybridized carbons (Fsp3) is 0.250. The van der Waals surface area contributed by atoms with Crippen molar-refractivity contribution in [3.05, 3.63) is 70.2 Å². The molecule has 0 bridgehead atoms. The van der Waals surface area contributed by atoms with Gasteiger partial charge in [0, 0.05) is 16.4 Å². The van der Waals surface area contributed by atoms with Crippen molar-refractivity contribution in [3.8, 4) is 0 Å². The molecule has 2 nitrogen and oxygen atoms in total. The molecule has 0 amide bonds. The van der Waals surface area contributed by atoms with E-state index < -0.39 is 5.41 Å². The SMILES string of the molecule is NCC(CO)(Cc1ccccc1Br)c1ccccc1. The Labute approximate surface area is 122 Å². The molecule has 2 aromatic rings. The third-order valence-corrected chi connectivity index (χ3v) is 4.34. The Bertz CT molecular complexity index is 523. The lowest BCUT2D eigenvalue weighted by molar-refractivity contribution is 0.196. The molecule has 0 aromatic heterocycles. The Morgan fingerprint density at radius 2 is 1.63 bits per heavy atom. The summed E-state index contributed by atoms with van der Waals surface area (Å²) in [6.45, 7) is 0.448. The fourth-order valence-electron chi connectivity index (χ4n) is 2.30. The molecule has 100 valence electrons. The van der Waals surface area contributed by atoms with Gasteiger partial charge in [0.15, 0.2) is 0 Å². The molecular formula is C16H18BrNO. The molecule has 3 N–H and O–H groups in total. The van der Waals surface area contributed by atoms with Crippen molar-refractivity contribution in [2.45, 2.75) is 11.8 Å². The molecule has 19 heavy (non-hydrogen) atoms. The molecule has 0 aliphatic rings. The van der Waals surface area contributed by atoms with Crippen molar-refractivity contribution in [3.63, 3.8) is 0 Å². The largest absolute Gasteiger partial charge is 0.395 e. The summed E-state index contributed by atoms with van der Waals surface area (Å²) < 4.78 is 1.05. The first-order valence-electron chi connectivity index (χ1n) is 6.32. The Morgan fingerprint density at radius 3 is 2.21 bits per heavy atom. The third-order valence-electron chi connectivity index (χ3n) is 3.57. The van der Waals surface area contributed by atoms with Gasteiger partial charge in [-0.15, -0.1) is 0 Å². The van der Waals surface area contributed by atoms with E-state index in [1.807, 2.05) is 48.5 Å². The zero-order valence-electron chi connectivity index (χ0n) is 10.7. The number of benzene rings is 2. The molecule has 0 spiro atoms. The Kier molecular flexibility index (Phi) is 4.75. The van der Waals surface area contributed by atoms with E-state index in [2.05, 4.69) is 22.0 Å². The van der Waals surface area contributed by atoms with Crippen molar-refractivity contribution in [2.75, 3.05) is 13.2 Å². The third kappa shape index (κ3) is 3.06. The Morgan fingerprint density at radius 1 is 1.00 bits per heavy atom. The number of hydrogen-bond donors (Lipinski definition) is 2. The summed E-state index contributed by atoms with van der Waals surface area (Å²) in [4.78, 5) is 0. The van der Waals surface area contributed by atoms with E-state index in [1.165, 1.54) is 0 Å². The molecule has 2 rings (SSSR count). The number of nitrogens with two attached hydrogens (primary N) is 1. The lowest BCUT2D eigenvalue weighted by atomic mass is 9.76. The molecule has 0 radical (unpaired) electrons. The van der Waals surface area contributed by atoms with E-state index in [-0.39, 0.29) is 6.61 Å².